The van der Waals surface area contributed by atoms with E-state index >= 15 is 0 Å². The van der Waals surface area contributed by atoms with Crippen molar-refractivity contribution >= 4 is 34.1 Å². The number of anilines is 2. The molecule has 0 aliphatic carbocycles. The van der Waals surface area contributed by atoms with Gasteiger partial charge in [-0.3, -0.25) is 9.59 Å². The number of pyridine rings is 1. The van der Waals surface area contributed by atoms with Gasteiger partial charge in [-0.2, -0.15) is 0 Å². The van der Waals surface area contributed by atoms with E-state index in [0.717, 1.165) is 30.2 Å². The third kappa shape index (κ3) is 5.50. The second-order valence-corrected chi connectivity index (χ2v) is 10.9. The minimum atomic E-state index is -0.557. The molecule has 3 aromatic rings. The maximum atomic E-state index is 12.7. The Morgan fingerprint density at radius 3 is 2.71 bits per heavy atom. The van der Waals surface area contributed by atoms with Crippen molar-refractivity contribution in [3.05, 3.63) is 52.9 Å². The summed E-state index contributed by atoms with van der Waals surface area (Å²) < 4.78 is 11.4. The van der Waals surface area contributed by atoms with E-state index in [0.29, 0.717) is 28.7 Å². The van der Waals surface area contributed by atoms with Crippen molar-refractivity contribution in [3.63, 3.8) is 0 Å². The molecule has 2 aliphatic rings. The van der Waals surface area contributed by atoms with Gasteiger partial charge in [0.05, 0.1) is 43.1 Å². The van der Waals surface area contributed by atoms with Gasteiger partial charge < -0.3 is 30.1 Å². The molecule has 0 radical (unpaired) electrons. The van der Waals surface area contributed by atoms with Crippen molar-refractivity contribution in [1.29, 1.82) is 0 Å². The fraction of sp³-hybridized carbons (Fsp3) is 0.407. The highest BCUT2D eigenvalue weighted by atomic mass is 32.1. The van der Waals surface area contributed by atoms with E-state index < -0.39 is 5.41 Å². The highest BCUT2D eigenvalue weighted by Crippen LogP contribution is 2.38. The van der Waals surface area contributed by atoms with Gasteiger partial charge in [-0.1, -0.05) is 6.07 Å². The first kappa shape index (κ1) is 26.1. The van der Waals surface area contributed by atoms with Crippen molar-refractivity contribution in [2.75, 3.05) is 43.1 Å². The van der Waals surface area contributed by atoms with Gasteiger partial charge in [0, 0.05) is 29.6 Å². The maximum Gasteiger partial charge on any atom is 0.251 e. The lowest BCUT2D eigenvalue weighted by Crippen LogP contribution is -2.45. The summed E-state index contributed by atoms with van der Waals surface area (Å²) in [6, 6.07) is 10.9. The monoisotopic (exact) mass is 537 g/mol. The second kappa shape index (κ2) is 10.7. The molecule has 2 amide bonds. The SMILES string of the molecule is C[C@@H]1CN(c2cccc(-c3csc(NC(=O)CNC(=O)c4ccc5c(c4)[C@@](C)(CO)CO5)n3)n2)C[C@H](C)O1. The number of amides is 2. The van der Waals surface area contributed by atoms with Crippen molar-refractivity contribution in [1.82, 2.24) is 15.3 Å². The molecule has 1 aromatic carbocycles. The fourth-order valence-electron chi connectivity index (χ4n) is 4.70. The summed E-state index contributed by atoms with van der Waals surface area (Å²) in [5.74, 6) is 0.748. The van der Waals surface area contributed by atoms with Crippen LogP contribution in [-0.2, 0) is 14.9 Å². The van der Waals surface area contributed by atoms with Gasteiger partial charge in [0.15, 0.2) is 5.13 Å². The number of benzene rings is 1. The molecule has 0 unspecified atom stereocenters. The van der Waals surface area contributed by atoms with Crippen LogP contribution < -0.4 is 20.3 Å². The molecule has 11 heteroatoms. The van der Waals surface area contributed by atoms with Gasteiger partial charge in [-0.25, -0.2) is 9.97 Å². The summed E-state index contributed by atoms with van der Waals surface area (Å²) in [5.41, 5.74) is 2.00. The van der Waals surface area contributed by atoms with E-state index in [1.54, 1.807) is 18.2 Å². The number of ether oxygens (including phenoxy) is 2. The average molecular weight is 538 g/mol. The molecule has 1 saturated heterocycles. The molecule has 0 bridgehead atoms. The first-order valence-corrected chi connectivity index (χ1v) is 13.4. The van der Waals surface area contributed by atoms with E-state index in [-0.39, 0.29) is 37.2 Å². The van der Waals surface area contributed by atoms with Gasteiger partial charge in [-0.05, 0) is 51.1 Å². The molecule has 3 atom stereocenters. The number of rotatable bonds is 7. The number of hydrogen-bond donors (Lipinski definition) is 3. The van der Waals surface area contributed by atoms with E-state index in [1.807, 2.05) is 30.5 Å². The minimum Gasteiger partial charge on any atom is -0.492 e. The molecular weight excluding hydrogens is 506 g/mol. The van der Waals surface area contributed by atoms with Crippen LogP contribution in [0.25, 0.3) is 11.4 Å². The molecular formula is C27H31N5O5S. The molecule has 1 fully saturated rings. The molecule has 5 rings (SSSR count). The third-order valence-electron chi connectivity index (χ3n) is 6.69. The Balaban J connectivity index is 1.18. The molecule has 3 N–H and O–H groups in total. The van der Waals surface area contributed by atoms with Crippen LogP contribution in [0.4, 0.5) is 10.9 Å². The summed E-state index contributed by atoms with van der Waals surface area (Å²) >= 11 is 1.29. The summed E-state index contributed by atoms with van der Waals surface area (Å²) in [5, 5.41) is 17.4. The average Bonchev–Trinajstić information content (AvgIpc) is 3.51. The molecule has 2 aliphatic heterocycles. The molecule has 4 heterocycles. The quantitative estimate of drug-likeness (QED) is 0.420. The molecule has 2 aromatic heterocycles. The Bertz CT molecular complexity index is 1340. The van der Waals surface area contributed by atoms with Crippen LogP contribution in [0.15, 0.2) is 41.8 Å². The lowest BCUT2D eigenvalue weighted by atomic mass is 9.85. The van der Waals surface area contributed by atoms with Crippen LogP contribution >= 0.6 is 11.3 Å². The molecule has 0 spiro atoms. The van der Waals surface area contributed by atoms with E-state index in [1.165, 1.54) is 11.3 Å². The largest absolute Gasteiger partial charge is 0.492 e. The molecule has 0 saturated carbocycles. The zero-order chi connectivity index (χ0) is 26.9. The first-order chi connectivity index (χ1) is 18.2. The van der Waals surface area contributed by atoms with E-state index in [2.05, 4.69) is 34.4 Å². The number of hydrogen-bond acceptors (Lipinski definition) is 9. The maximum absolute atomic E-state index is 12.7. The summed E-state index contributed by atoms with van der Waals surface area (Å²) in [6.45, 7) is 7.58. The Morgan fingerprint density at radius 2 is 1.95 bits per heavy atom. The van der Waals surface area contributed by atoms with Crippen LogP contribution in [0.1, 0.15) is 36.7 Å². The Morgan fingerprint density at radius 1 is 1.16 bits per heavy atom. The highest BCUT2D eigenvalue weighted by Gasteiger charge is 2.36. The van der Waals surface area contributed by atoms with Crippen molar-refractivity contribution < 1.29 is 24.2 Å². The van der Waals surface area contributed by atoms with Crippen LogP contribution in [0.3, 0.4) is 0 Å². The number of morpholine rings is 1. The molecule has 10 nitrogen and oxygen atoms in total. The summed E-state index contributed by atoms with van der Waals surface area (Å²) in [4.78, 5) is 36.7. The number of aliphatic hydroxyl groups excluding tert-OH is 1. The Kier molecular flexibility index (Phi) is 7.33. The number of nitrogens with zero attached hydrogens (tertiary/aromatic N) is 3. The predicted molar refractivity (Wildman–Crippen MR) is 145 cm³/mol. The van der Waals surface area contributed by atoms with Crippen molar-refractivity contribution in [2.24, 2.45) is 0 Å². The number of fused-ring (bicyclic) bond motifs is 1. The molecule has 200 valence electrons. The highest BCUT2D eigenvalue weighted by molar-refractivity contribution is 7.14. The van der Waals surface area contributed by atoms with Gasteiger partial charge in [0.25, 0.3) is 5.91 Å². The second-order valence-electron chi connectivity index (χ2n) is 10.0. The zero-order valence-corrected chi connectivity index (χ0v) is 22.4. The number of carbonyl (C=O) groups is 2. The van der Waals surface area contributed by atoms with Gasteiger partial charge in [0.2, 0.25) is 5.91 Å². The fourth-order valence-corrected chi connectivity index (χ4v) is 5.42. The molecule has 38 heavy (non-hydrogen) atoms. The lowest BCUT2D eigenvalue weighted by Gasteiger charge is -2.36. The van der Waals surface area contributed by atoms with Crippen LogP contribution in [0.2, 0.25) is 0 Å². The van der Waals surface area contributed by atoms with Crippen molar-refractivity contribution in [3.8, 4) is 17.1 Å². The minimum absolute atomic E-state index is 0.0886. The summed E-state index contributed by atoms with van der Waals surface area (Å²) in [6.07, 6.45) is 0.256. The third-order valence-corrected chi connectivity index (χ3v) is 7.45. The van der Waals surface area contributed by atoms with Gasteiger partial charge in [0.1, 0.15) is 17.3 Å². The zero-order valence-electron chi connectivity index (χ0n) is 21.6. The van der Waals surface area contributed by atoms with E-state index in [9.17, 15) is 14.7 Å². The number of aliphatic hydroxyl groups is 1. The van der Waals surface area contributed by atoms with Gasteiger partial charge in [-0.15, -0.1) is 11.3 Å². The van der Waals surface area contributed by atoms with Crippen LogP contribution in [0.5, 0.6) is 5.75 Å². The standard InChI is InChI=1S/C27H31N5O5S/c1-16-11-32(12-17(2)37-16)23-6-4-5-20(29-23)21-13-38-26(30-21)31-24(34)10-28-25(35)18-7-8-22-19(9-18)27(3,14-33)15-36-22/h4-9,13,16-17,33H,10-12,14-15H2,1-3H3,(H,28,35)(H,30,31,34)/t16-,17+,27-/m0/s1. The van der Waals surface area contributed by atoms with Crippen LogP contribution in [0, 0.1) is 0 Å². The number of carbonyl (C=O) groups excluding carboxylic acids is 2. The van der Waals surface area contributed by atoms with E-state index in [4.69, 9.17) is 14.5 Å². The van der Waals surface area contributed by atoms with Crippen LogP contribution in [-0.4, -0.2) is 71.9 Å². The Labute approximate surface area is 225 Å². The smallest absolute Gasteiger partial charge is 0.251 e. The first-order valence-electron chi connectivity index (χ1n) is 12.5. The topological polar surface area (TPSA) is 126 Å². The number of nitrogens with one attached hydrogen (secondary N) is 2. The predicted octanol–water partition coefficient (Wildman–Crippen LogP) is 2.83. The summed E-state index contributed by atoms with van der Waals surface area (Å²) in [7, 11) is 0. The van der Waals surface area contributed by atoms with Crippen molar-refractivity contribution in [2.45, 2.75) is 38.4 Å². The normalized spacial score (nSPS) is 22.5. The number of aromatic nitrogens is 2. The van der Waals surface area contributed by atoms with Gasteiger partial charge >= 0.3 is 0 Å². The lowest BCUT2D eigenvalue weighted by molar-refractivity contribution is -0.115. The number of thiazole rings is 1. The Hall–Kier alpha value is -3.54.